The van der Waals surface area contributed by atoms with Crippen LogP contribution in [-0.2, 0) is 34.5 Å². The zero-order valence-electron chi connectivity index (χ0n) is 26.9. The van der Waals surface area contributed by atoms with Crippen molar-refractivity contribution in [3.63, 3.8) is 0 Å². The molecule has 0 unspecified atom stereocenters. The molecule has 12 nitrogen and oxygen atoms in total. The zero-order valence-corrected chi connectivity index (χ0v) is 28.4. The highest BCUT2D eigenvalue weighted by molar-refractivity contribution is 7.90. The first kappa shape index (κ1) is 33.4. The summed E-state index contributed by atoms with van der Waals surface area (Å²) in [5.41, 5.74) is -0.407. The molecule has 2 aromatic rings. The van der Waals surface area contributed by atoms with Crippen LogP contribution in [0.5, 0.6) is 11.5 Å². The number of carbonyl (C=O) groups is 2. The molecule has 3 aliphatic heterocycles. The molecule has 14 heteroatoms. The van der Waals surface area contributed by atoms with Crippen LogP contribution < -0.4 is 19.1 Å². The van der Waals surface area contributed by atoms with Crippen molar-refractivity contribution in [2.75, 3.05) is 52.0 Å². The van der Waals surface area contributed by atoms with Crippen molar-refractivity contribution in [1.29, 1.82) is 0 Å². The second kappa shape index (κ2) is 12.8. The van der Waals surface area contributed by atoms with Gasteiger partial charge in [-0.3, -0.25) is 9.63 Å². The van der Waals surface area contributed by atoms with Gasteiger partial charge < -0.3 is 23.8 Å². The van der Waals surface area contributed by atoms with Gasteiger partial charge in [-0.1, -0.05) is 23.7 Å². The Labute approximate surface area is 279 Å². The number of nitrogens with one attached hydrogen (secondary N) is 1. The van der Waals surface area contributed by atoms with Gasteiger partial charge in [0.25, 0.3) is 15.9 Å². The third kappa shape index (κ3) is 6.63. The summed E-state index contributed by atoms with van der Waals surface area (Å²) in [6.07, 6.45) is 4.58. The lowest BCUT2D eigenvalue weighted by Crippen LogP contribution is -2.50. The summed E-state index contributed by atoms with van der Waals surface area (Å²) in [4.78, 5) is 33.1. The van der Waals surface area contributed by atoms with Crippen LogP contribution >= 0.6 is 11.6 Å². The fourth-order valence-corrected chi connectivity index (χ4v) is 7.94. The molecule has 4 aliphatic rings. The summed E-state index contributed by atoms with van der Waals surface area (Å²) in [5, 5.41) is 1.59. The van der Waals surface area contributed by atoms with Gasteiger partial charge in [0.2, 0.25) is 0 Å². The number of ether oxygens (including phenoxy) is 4. The number of hydrogen-bond acceptors (Lipinski definition) is 10. The van der Waals surface area contributed by atoms with Crippen LogP contribution in [0.2, 0.25) is 5.02 Å². The quantitative estimate of drug-likeness (QED) is 0.356. The van der Waals surface area contributed by atoms with Crippen LogP contribution in [0.4, 0.5) is 10.5 Å². The highest BCUT2D eigenvalue weighted by Crippen LogP contribution is 2.47. The summed E-state index contributed by atoms with van der Waals surface area (Å²) in [6.45, 7) is 4.82. The molecule has 1 fully saturated rings. The highest BCUT2D eigenvalue weighted by atomic mass is 35.5. The van der Waals surface area contributed by atoms with Gasteiger partial charge in [0.05, 0.1) is 42.9 Å². The Balaban J connectivity index is 1.43. The van der Waals surface area contributed by atoms with E-state index in [9.17, 15) is 18.0 Å². The van der Waals surface area contributed by atoms with E-state index in [0.29, 0.717) is 54.9 Å². The molecular formula is C33H40ClN3O9S. The molecular weight excluding hydrogens is 650 g/mol. The Morgan fingerprint density at radius 2 is 1.94 bits per heavy atom. The van der Waals surface area contributed by atoms with Gasteiger partial charge in [-0.15, -0.1) is 0 Å². The summed E-state index contributed by atoms with van der Waals surface area (Å²) >= 11 is 6.33. The Bertz CT molecular complexity index is 1680. The molecule has 4 atom stereocenters. The van der Waals surface area contributed by atoms with Crippen LogP contribution in [0.1, 0.15) is 38.7 Å². The van der Waals surface area contributed by atoms with Crippen molar-refractivity contribution in [1.82, 2.24) is 9.79 Å². The molecule has 0 aromatic heterocycles. The molecule has 47 heavy (non-hydrogen) atoms. The summed E-state index contributed by atoms with van der Waals surface area (Å²) in [6, 6.07) is 10.3. The number of rotatable bonds is 2. The fourth-order valence-electron chi connectivity index (χ4n) is 6.65. The van der Waals surface area contributed by atoms with E-state index in [1.165, 1.54) is 34.1 Å². The van der Waals surface area contributed by atoms with Crippen molar-refractivity contribution in [2.45, 2.75) is 55.1 Å². The number of nitrogens with zero attached hydrogens (tertiary/aromatic N) is 2. The van der Waals surface area contributed by atoms with Gasteiger partial charge in [0.1, 0.15) is 23.2 Å². The average Bonchev–Trinajstić information content (AvgIpc) is 3.17. The average molecular weight is 690 g/mol. The van der Waals surface area contributed by atoms with Crippen LogP contribution in [0.15, 0.2) is 53.4 Å². The second-order valence-corrected chi connectivity index (χ2v) is 15.2. The first-order chi connectivity index (χ1) is 22.3. The lowest BCUT2D eigenvalue weighted by atomic mass is 9.69. The lowest BCUT2D eigenvalue weighted by molar-refractivity contribution is -0.139. The smallest absolute Gasteiger partial charge is 0.434 e. The number of sulfonamides is 1. The molecule has 3 heterocycles. The van der Waals surface area contributed by atoms with Crippen LogP contribution in [-0.4, -0.2) is 84.3 Å². The maximum absolute atomic E-state index is 13.6. The van der Waals surface area contributed by atoms with E-state index < -0.39 is 39.1 Å². The minimum atomic E-state index is -4.26. The standard InChI is InChI=1S/C33H40ClN3O9S/c1-32(2)30(38)35-47(40,41)23-9-12-28-26(17-23)37(19-33(20-44-28)13-15-43-29-16-22(34)8-11-25(29)33)18-21-7-10-24(21)27(6-5-14-45-32)46-31(39)36(3)42-4/h5-6,8-9,11-12,16-17,21,24,27H,7,10,13-15,18-20H2,1-4H3,(H,35,38)/t21-,24+,27-,33-/m0/s1. The molecule has 0 radical (unpaired) electrons. The van der Waals surface area contributed by atoms with Crippen LogP contribution in [0, 0.1) is 11.8 Å². The van der Waals surface area contributed by atoms with E-state index in [1.807, 2.05) is 18.2 Å². The maximum atomic E-state index is 13.6. The number of amides is 2. The van der Waals surface area contributed by atoms with Gasteiger partial charge in [-0.05, 0) is 75.4 Å². The Hall–Kier alpha value is -3.52. The third-order valence-corrected chi connectivity index (χ3v) is 11.3. The van der Waals surface area contributed by atoms with Crippen LogP contribution in [0.25, 0.3) is 0 Å². The molecule has 1 saturated carbocycles. The van der Waals surface area contributed by atoms with Crippen molar-refractivity contribution >= 4 is 39.3 Å². The summed E-state index contributed by atoms with van der Waals surface area (Å²) in [5.74, 6) is 0.453. The zero-order chi connectivity index (χ0) is 33.6. The monoisotopic (exact) mass is 689 g/mol. The van der Waals surface area contributed by atoms with E-state index >= 15 is 0 Å². The molecule has 6 rings (SSSR count). The molecule has 2 amide bonds. The fraction of sp³-hybridized carbons (Fsp3) is 0.515. The van der Waals surface area contributed by atoms with Crippen LogP contribution in [0.3, 0.4) is 0 Å². The summed E-state index contributed by atoms with van der Waals surface area (Å²) in [7, 11) is -1.40. The molecule has 1 spiro atoms. The van der Waals surface area contributed by atoms with Gasteiger partial charge in [0, 0.05) is 36.6 Å². The Morgan fingerprint density at radius 3 is 2.68 bits per heavy atom. The molecule has 0 saturated heterocycles. The Kier molecular flexibility index (Phi) is 9.11. The second-order valence-electron chi connectivity index (χ2n) is 13.0. The number of anilines is 1. The minimum Gasteiger partial charge on any atom is -0.493 e. The molecule has 1 aliphatic carbocycles. The van der Waals surface area contributed by atoms with E-state index in [4.69, 9.17) is 35.4 Å². The number of hydrogen-bond donors (Lipinski definition) is 1. The number of benzene rings is 2. The Morgan fingerprint density at radius 1 is 1.13 bits per heavy atom. The van der Waals surface area contributed by atoms with Crippen molar-refractivity contribution in [3.8, 4) is 11.5 Å². The molecule has 2 aromatic carbocycles. The van der Waals surface area contributed by atoms with Crippen molar-refractivity contribution in [3.05, 3.63) is 59.1 Å². The SMILES string of the molecule is CON(C)C(=O)O[C@H]1C=CCOC(C)(C)C(=O)NS(=O)(=O)c2ccc3c(c2)N(C[C@@H]2CC[C@H]21)C[C@@]1(CCOc2cc(Cl)ccc21)CO3. The van der Waals surface area contributed by atoms with Gasteiger partial charge in [-0.25, -0.2) is 17.9 Å². The van der Waals surface area contributed by atoms with E-state index in [0.717, 1.165) is 23.5 Å². The topological polar surface area (TPSA) is 133 Å². The molecule has 254 valence electrons. The summed E-state index contributed by atoms with van der Waals surface area (Å²) < 4.78 is 53.5. The largest absolute Gasteiger partial charge is 0.493 e. The predicted molar refractivity (Wildman–Crippen MR) is 173 cm³/mol. The number of hydroxylamine groups is 2. The first-order valence-electron chi connectivity index (χ1n) is 15.6. The first-order valence-corrected chi connectivity index (χ1v) is 17.5. The van der Waals surface area contributed by atoms with E-state index in [1.54, 1.807) is 24.3 Å². The lowest BCUT2D eigenvalue weighted by Gasteiger charge is -2.45. The number of carbonyl (C=O) groups excluding carboxylic acids is 2. The van der Waals surface area contributed by atoms with E-state index in [-0.39, 0.29) is 23.3 Å². The highest BCUT2D eigenvalue weighted by Gasteiger charge is 2.46. The van der Waals surface area contributed by atoms with Crippen molar-refractivity contribution < 1.29 is 41.8 Å². The third-order valence-electron chi connectivity index (χ3n) is 9.69. The normalized spacial score (nSPS) is 27.9. The van der Waals surface area contributed by atoms with Crippen molar-refractivity contribution in [2.24, 2.45) is 11.8 Å². The van der Waals surface area contributed by atoms with Gasteiger partial charge in [0.15, 0.2) is 0 Å². The van der Waals surface area contributed by atoms with Gasteiger partial charge in [-0.2, -0.15) is 5.06 Å². The molecule has 2 bridgehead atoms. The predicted octanol–water partition coefficient (Wildman–Crippen LogP) is 4.45. The maximum Gasteiger partial charge on any atom is 0.434 e. The van der Waals surface area contributed by atoms with E-state index in [2.05, 4.69) is 9.62 Å². The molecule has 1 N–H and O–H groups in total. The number of fused-ring (bicyclic) bond motifs is 4. The minimum absolute atomic E-state index is 0.0116. The van der Waals surface area contributed by atoms with Gasteiger partial charge >= 0.3 is 6.09 Å². The number of halogens is 1.